The molecule has 250 valence electrons. The monoisotopic (exact) mass is 684 g/mol. The fraction of sp³-hybridized carbons (Fsp3) is 0.133. The molecule has 0 saturated heterocycles. The van der Waals surface area contributed by atoms with Gasteiger partial charge in [-0.3, -0.25) is 19.4 Å². The number of halogens is 9. The van der Waals surface area contributed by atoms with Gasteiger partial charge in [-0.05, 0) is 60.2 Å². The summed E-state index contributed by atoms with van der Waals surface area (Å²) in [6.07, 6.45) is -12.2. The number of anilines is 1. The normalized spacial score (nSPS) is 13.7. The molecule has 0 saturated carbocycles. The number of amides is 3. The second-order valence-corrected chi connectivity index (χ2v) is 9.66. The second-order valence-electron chi connectivity index (χ2n) is 9.66. The molecule has 0 aliphatic carbocycles. The summed E-state index contributed by atoms with van der Waals surface area (Å²) in [5, 5.41) is 9.52. The van der Waals surface area contributed by atoms with Crippen molar-refractivity contribution in [3.63, 3.8) is 0 Å². The van der Waals surface area contributed by atoms with Crippen LogP contribution in [0.4, 0.5) is 45.3 Å². The first-order chi connectivity index (χ1) is 22.3. The summed E-state index contributed by atoms with van der Waals surface area (Å²) in [7, 11) is 0. The van der Waals surface area contributed by atoms with Gasteiger partial charge in [0.05, 0.1) is 34.0 Å². The van der Waals surface area contributed by atoms with Crippen molar-refractivity contribution in [2.45, 2.75) is 24.6 Å². The fourth-order valence-electron chi connectivity index (χ4n) is 4.35. The molecule has 2 aromatic heterocycles. The van der Waals surface area contributed by atoms with Crippen molar-refractivity contribution in [3.8, 4) is 0 Å². The number of nitrogens with one attached hydrogen (secondary N) is 1. The Morgan fingerprint density at radius 3 is 1.88 bits per heavy atom. The molecule has 0 bridgehead atoms. The summed E-state index contributed by atoms with van der Waals surface area (Å²) in [4.78, 5) is 56.7. The van der Waals surface area contributed by atoms with Crippen molar-refractivity contribution in [1.82, 2.24) is 15.3 Å². The number of carbonyl (C=O) groups excluding carboxylic acids is 3. The number of hydrogen-bond donors (Lipinski definition) is 2. The van der Waals surface area contributed by atoms with E-state index in [1.54, 1.807) is 12.1 Å². The van der Waals surface area contributed by atoms with Crippen LogP contribution in [0, 0.1) is 0 Å². The lowest BCUT2D eigenvalue weighted by atomic mass is 9.97. The van der Waals surface area contributed by atoms with Crippen LogP contribution >= 0.6 is 0 Å². The van der Waals surface area contributed by atoms with Crippen molar-refractivity contribution < 1.29 is 63.8 Å². The minimum Gasteiger partial charge on any atom is -0.475 e. The zero-order valence-corrected chi connectivity index (χ0v) is 23.5. The van der Waals surface area contributed by atoms with Crippen molar-refractivity contribution in [2.24, 2.45) is 0 Å². The van der Waals surface area contributed by atoms with Gasteiger partial charge in [0.15, 0.2) is 0 Å². The molecule has 3 heterocycles. The van der Waals surface area contributed by atoms with E-state index in [9.17, 15) is 53.9 Å². The molecule has 1 aliphatic heterocycles. The van der Waals surface area contributed by atoms with Crippen LogP contribution in [0.1, 0.15) is 59.5 Å². The molecule has 2 aromatic carbocycles. The molecule has 48 heavy (non-hydrogen) atoms. The molecule has 0 radical (unpaired) electrons. The van der Waals surface area contributed by atoms with Gasteiger partial charge in [0.25, 0.3) is 17.7 Å². The van der Waals surface area contributed by atoms with Crippen LogP contribution in [0.25, 0.3) is 0 Å². The number of carbonyl (C=O) groups is 4. The molecule has 5 rings (SSSR count). The molecular formula is C30H17F9N4O5. The minimum absolute atomic E-state index is 0.0134. The van der Waals surface area contributed by atoms with Gasteiger partial charge in [-0.15, -0.1) is 0 Å². The highest BCUT2D eigenvalue weighted by atomic mass is 19.4. The van der Waals surface area contributed by atoms with E-state index in [1.165, 1.54) is 24.4 Å². The number of pyridine rings is 2. The fourth-order valence-corrected chi connectivity index (χ4v) is 4.35. The van der Waals surface area contributed by atoms with Gasteiger partial charge in [0.2, 0.25) is 0 Å². The summed E-state index contributed by atoms with van der Waals surface area (Å²) in [6.45, 7) is 0. The average molecular weight is 684 g/mol. The number of fused-ring (bicyclic) bond motifs is 1. The highest BCUT2D eigenvalue weighted by Gasteiger charge is 2.40. The van der Waals surface area contributed by atoms with E-state index in [-0.39, 0.29) is 28.1 Å². The topological polar surface area (TPSA) is 130 Å². The van der Waals surface area contributed by atoms with E-state index in [4.69, 9.17) is 9.90 Å². The molecule has 0 spiro atoms. The van der Waals surface area contributed by atoms with E-state index in [2.05, 4.69) is 15.3 Å². The quantitative estimate of drug-likeness (QED) is 0.182. The van der Waals surface area contributed by atoms with Gasteiger partial charge in [-0.1, -0.05) is 18.2 Å². The molecule has 18 heteroatoms. The maximum absolute atomic E-state index is 13.8. The highest BCUT2D eigenvalue weighted by Crippen LogP contribution is 2.37. The Bertz CT molecular complexity index is 1860. The molecule has 1 atom stereocenters. The number of alkyl halides is 9. The molecule has 4 aromatic rings. The van der Waals surface area contributed by atoms with E-state index >= 15 is 0 Å². The van der Waals surface area contributed by atoms with Gasteiger partial charge < -0.3 is 10.4 Å². The summed E-state index contributed by atoms with van der Waals surface area (Å²) < 4.78 is 113. The van der Waals surface area contributed by atoms with Crippen LogP contribution in [-0.2, 0) is 17.1 Å². The third kappa shape index (κ3) is 7.59. The van der Waals surface area contributed by atoms with Crippen molar-refractivity contribution in [1.29, 1.82) is 0 Å². The first kappa shape index (κ1) is 35.1. The summed E-state index contributed by atoms with van der Waals surface area (Å²) in [5.41, 5.74) is -3.33. The highest BCUT2D eigenvalue weighted by molar-refractivity contribution is 6.34. The Balaban J connectivity index is 0.000000671. The third-order valence-corrected chi connectivity index (χ3v) is 6.53. The lowest BCUT2D eigenvalue weighted by Gasteiger charge is -2.23. The van der Waals surface area contributed by atoms with Crippen LogP contribution in [0.15, 0.2) is 85.2 Å². The van der Waals surface area contributed by atoms with Crippen LogP contribution < -0.4 is 10.2 Å². The molecule has 0 unspecified atom stereocenters. The van der Waals surface area contributed by atoms with Crippen LogP contribution in [0.3, 0.4) is 0 Å². The lowest BCUT2D eigenvalue weighted by molar-refractivity contribution is -0.192. The van der Waals surface area contributed by atoms with Gasteiger partial charge in [-0.2, -0.15) is 39.5 Å². The largest absolute Gasteiger partial charge is 0.490 e. The van der Waals surface area contributed by atoms with Crippen molar-refractivity contribution >= 4 is 29.5 Å². The Kier molecular flexibility index (Phi) is 9.59. The Morgan fingerprint density at radius 2 is 1.33 bits per heavy atom. The van der Waals surface area contributed by atoms with Crippen molar-refractivity contribution in [3.05, 3.63) is 124 Å². The van der Waals surface area contributed by atoms with E-state index in [0.29, 0.717) is 12.1 Å². The smallest absolute Gasteiger partial charge is 0.475 e. The SMILES string of the molecule is O=C(N[C@@H](c1ccc(C(F)(F)F)cc1)c1ncccc1C(F)(F)F)c1ccc2c(c1)C(=O)N(c1ccccn1)C2=O.O=C(O)C(F)(F)F. The third-order valence-electron chi connectivity index (χ3n) is 6.53. The molecule has 2 N–H and O–H groups in total. The number of benzene rings is 2. The van der Waals surface area contributed by atoms with Gasteiger partial charge in [-0.25, -0.2) is 14.7 Å². The standard InChI is InChI=1S/C28H16F6N4O3.C2HF3O2/c29-27(30,31)17-9-6-15(7-10-17)22(23-20(28(32,33)34)4-3-13-36-23)37-24(39)16-8-11-18-19(14-16)26(41)38(25(18)40)21-5-1-2-12-35-21;3-2(4,5)1(6)7/h1-14,22H,(H,37,39);(H,6,7)/t22-;/m0./s1. The predicted molar refractivity (Wildman–Crippen MR) is 146 cm³/mol. The van der Waals surface area contributed by atoms with Crippen LogP contribution in [0.5, 0.6) is 0 Å². The minimum atomic E-state index is -5.08. The first-order valence-electron chi connectivity index (χ1n) is 13.0. The molecule has 9 nitrogen and oxygen atoms in total. The number of imide groups is 1. The van der Waals surface area contributed by atoms with E-state index < -0.39 is 65.1 Å². The zero-order chi connectivity index (χ0) is 35.6. The summed E-state index contributed by atoms with van der Waals surface area (Å²) in [5.74, 6) is -5.11. The van der Waals surface area contributed by atoms with Gasteiger partial charge in [0.1, 0.15) is 5.82 Å². The van der Waals surface area contributed by atoms with Crippen molar-refractivity contribution in [2.75, 3.05) is 4.90 Å². The number of aromatic nitrogens is 2. The van der Waals surface area contributed by atoms with Gasteiger partial charge in [0, 0.05) is 18.0 Å². The van der Waals surface area contributed by atoms with Gasteiger partial charge >= 0.3 is 24.5 Å². The maximum Gasteiger partial charge on any atom is 0.490 e. The number of hydrogen-bond acceptors (Lipinski definition) is 6. The first-order valence-corrected chi connectivity index (χ1v) is 13.0. The Labute approximate surface area is 262 Å². The molecule has 0 fully saturated rings. The summed E-state index contributed by atoms with van der Waals surface area (Å²) in [6, 6.07) is 11.5. The number of carboxylic acid groups (broad SMARTS) is 1. The number of rotatable bonds is 5. The number of carboxylic acids is 1. The number of aliphatic carboxylic acids is 1. The molecular weight excluding hydrogens is 667 g/mol. The van der Waals surface area contributed by atoms with E-state index in [1.807, 2.05) is 0 Å². The number of nitrogens with zero attached hydrogens (tertiary/aromatic N) is 3. The Morgan fingerprint density at radius 1 is 0.729 bits per heavy atom. The Hall–Kier alpha value is -5.81. The molecule has 1 aliphatic rings. The average Bonchev–Trinajstić information content (AvgIpc) is 3.27. The van der Waals surface area contributed by atoms with Crippen LogP contribution in [0.2, 0.25) is 0 Å². The molecule has 3 amide bonds. The van der Waals surface area contributed by atoms with E-state index in [0.717, 1.165) is 41.4 Å². The summed E-state index contributed by atoms with van der Waals surface area (Å²) >= 11 is 0. The zero-order valence-electron chi connectivity index (χ0n) is 23.5. The predicted octanol–water partition coefficient (Wildman–Crippen LogP) is 6.47. The second kappa shape index (κ2) is 13.1. The lowest BCUT2D eigenvalue weighted by Crippen LogP contribution is -2.32. The maximum atomic E-state index is 13.8. The van der Waals surface area contributed by atoms with Crippen LogP contribution in [-0.4, -0.2) is 44.9 Å².